The number of fused-ring (bicyclic) bond motifs is 2. The van der Waals surface area contributed by atoms with Gasteiger partial charge in [-0.25, -0.2) is 29.0 Å². The van der Waals surface area contributed by atoms with Crippen molar-refractivity contribution in [1.29, 1.82) is 0 Å². The van der Waals surface area contributed by atoms with Gasteiger partial charge in [-0.2, -0.15) is 0 Å². The summed E-state index contributed by atoms with van der Waals surface area (Å²) in [5.74, 6) is 0. The Morgan fingerprint density at radius 3 is 1.70 bits per heavy atom. The molecular formula is C10H6N8S2. The fourth-order valence-electron chi connectivity index (χ4n) is 1.59. The van der Waals surface area contributed by atoms with Gasteiger partial charge in [0.2, 0.25) is 10.3 Å². The van der Waals surface area contributed by atoms with Crippen LogP contribution in [0.3, 0.4) is 0 Å². The molecule has 0 aromatic carbocycles. The maximum absolute atomic E-state index is 4.36. The molecule has 8 nitrogen and oxygen atoms in total. The first kappa shape index (κ1) is 11.6. The van der Waals surface area contributed by atoms with E-state index >= 15 is 0 Å². The van der Waals surface area contributed by atoms with E-state index in [1.807, 2.05) is 0 Å². The SMILES string of the molecule is c1cc2nc(SSc3nc4ccncn4n3)nn2cn1. The Bertz CT molecular complexity index is 745. The second-order valence-electron chi connectivity index (χ2n) is 3.72. The van der Waals surface area contributed by atoms with Gasteiger partial charge < -0.3 is 0 Å². The summed E-state index contributed by atoms with van der Waals surface area (Å²) in [7, 11) is 2.80. The maximum atomic E-state index is 4.36. The molecule has 0 aliphatic heterocycles. The summed E-state index contributed by atoms with van der Waals surface area (Å²) in [5, 5.41) is 9.86. The second-order valence-corrected chi connectivity index (χ2v) is 5.79. The largest absolute Gasteiger partial charge is 0.245 e. The molecule has 4 rings (SSSR count). The molecular weight excluding hydrogens is 296 g/mol. The van der Waals surface area contributed by atoms with Crippen molar-refractivity contribution < 1.29 is 0 Å². The molecule has 0 fully saturated rings. The van der Waals surface area contributed by atoms with Gasteiger partial charge in [-0.05, 0) is 21.6 Å². The summed E-state index contributed by atoms with van der Waals surface area (Å²) in [6.45, 7) is 0. The monoisotopic (exact) mass is 302 g/mol. The average molecular weight is 302 g/mol. The van der Waals surface area contributed by atoms with Gasteiger partial charge in [0, 0.05) is 24.5 Å². The zero-order valence-corrected chi connectivity index (χ0v) is 11.5. The van der Waals surface area contributed by atoms with Crippen LogP contribution in [-0.4, -0.2) is 39.2 Å². The lowest BCUT2D eigenvalue weighted by Gasteiger charge is -1.88. The molecule has 0 atom stereocenters. The summed E-state index contributed by atoms with van der Waals surface area (Å²) in [4.78, 5) is 16.7. The van der Waals surface area contributed by atoms with Crippen molar-refractivity contribution in [2.24, 2.45) is 0 Å². The van der Waals surface area contributed by atoms with Crippen molar-refractivity contribution >= 4 is 32.9 Å². The van der Waals surface area contributed by atoms with E-state index in [1.165, 1.54) is 21.6 Å². The third-order valence-corrected chi connectivity index (χ3v) is 4.31. The zero-order chi connectivity index (χ0) is 13.4. The van der Waals surface area contributed by atoms with Crippen molar-refractivity contribution in [3.05, 3.63) is 37.2 Å². The summed E-state index contributed by atoms with van der Waals surface area (Å²) >= 11 is 0. The van der Waals surface area contributed by atoms with E-state index in [0.717, 1.165) is 11.3 Å². The van der Waals surface area contributed by atoms with Gasteiger partial charge in [0.1, 0.15) is 12.7 Å². The van der Waals surface area contributed by atoms with Crippen molar-refractivity contribution in [2.45, 2.75) is 10.3 Å². The van der Waals surface area contributed by atoms with Crippen molar-refractivity contribution in [2.75, 3.05) is 0 Å². The first-order chi connectivity index (χ1) is 9.88. The zero-order valence-electron chi connectivity index (χ0n) is 9.86. The van der Waals surface area contributed by atoms with Gasteiger partial charge in [-0.1, -0.05) is 0 Å². The lowest BCUT2D eigenvalue weighted by atomic mass is 10.6. The molecule has 4 aromatic rings. The Balaban J connectivity index is 1.57. The molecule has 0 saturated carbocycles. The van der Waals surface area contributed by atoms with Crippen LogP contribution in [0.25, 0.3) is 11.3 Å². The van der Waals surface area contributed by atoms with E-state index in [9.17, 15) is 0 Å². The van der Waals surface area contributed by atoms with E-state index in [-0.39, 0.29) is 0 Å². The lowest BCUT2D eigenvalue weighted by Crippen LogP contribution is -1.86. The van der Waals surface area contributed by atoms with Crippen molar-refractivity contribution in [3.8, 4) is 0 Å². The fourth-order valence-corrected chi connectivity index (χ4v) is 3.12. The smallest absolute Gasteiger partial charge is 0.220 e. The number of aromatic nitrogens is 8. The van der Waals surface area contributed by atoms with Crippen LogP contribution in [0.1, 0.15) is 0 Å². The summed E-state index contributed by atoms with van der Waals surface area (Å²) in [5.41, 5.74) is 1.52. The fraction of sp³-hybridized carbons (Fsp3) is 0. The number of hydrogen-bond acceptors (Lipinski definition) is 8. The van der Waals surface area contributed by atoms with Crippen molar-refractivity contribution in [1.82, 2.24) is 39.2 Å². The first-order valence-corrected chi connectivity index (χ1v) is 7.71. The molecule has 0 radical (unpaired) electrons. The molecule has 0 unspecified atom stereocenters. The Hall–Kier alpha value is -2.20. The number of nitrogens with zero attached hydrogens (tertiary/aromatic N) is 8. The highest BCUT2D eigenvalue weighted by atomic mass is 33.1. The van der Waals surface area contributed by atoms with E-state index < -0.39 is 0 Å². The predicted octanol–water partition coefficient (Wildman–Crippen LogP) is 1.36. The van der Waals surface area contributed by atoms with Crippen molar-refractivity contribution in [3.63, 3.8) is 0 Å². The minimum absolute atomic E-state index is 0.639. The van der Waals surface area contributed by atoms with Crippen LogP contribution < -0.4 is 0 Å². The Morgan fingerprint density at radius 2 is 1.25 bits per heavy atom. The topological polar surface area (TPSA) is 86.2 Å². The van der Waals surface area contributed by atoms with Gasteiger partial charge in [-0.15, -0.1) is 10.2 Å². The Morgan fingerprint density at radius 1 is 0.750 bits per heavy atom. The average Bonchev–Trinajstić information content (AvgIpc) is 3.07. The summed E-state index contributed by atoms with van der Waals surface area (Å²) in [6.07, 6.45) is 6.60. The first-order valence-electron chi connectivity index (χ1n) is 5.56. The van der Waals surface area contributed by atoms with Gasteiger partial charge in [0.15, 0.2) is 11.3 Å². The highest BCUT2D eigenvalue weighted by molar-refractivity contribution is 8.76. The highest BCUT2D eigenvalue weighted by Gasteiger charge is 2.09. The van der Waals surface area contributed by atoms with Crippen LogP contribution in [0.2, 0.25) is 0 Å². The molecule has 0 aliphatic rings. The lowest BCUT2D eigenvalue weighted by molar-refractivity contribution is 0.863. The third kappa shape index (κ3) is 2.08. The number of rotatable bonds is 3. The standard InChI is InChI=1S/C10H6N8S2/c1-3-11-5-17-7(1)13-9(15-17)19-20-10-14-8-2-4-12-6-18(8)16-10/h1-6H. The number of hydrogen-bond donors (Lipinski definition) is 0. The normalized spacial score (nSPS) is 11.4. The molecule has 0 spiro atoms. The molecule has 0 saturated heterocycles. The molecule has 0 amide bonds. The molecule has 0 bridgehead atoms. The van der Waals surface area contributed by atoms with Gasteiger partial charge >= 0.3 is 0 Å². The quantitative estimate of drug-likeness (QED) is 0.524. The van der Waals surface area contributed by atoms with E-state index in [4.69, 9.17) is 0 Å². The van der Waals surface area contributed by atoms with E-state index in [0.29, 0.717) is 10.3 Å². The second kappa shape index (κ2) is 4.72. The molecule has 98 valence electrons. The van der Waals surface area contributed by atoms with Crippen LogP contribution in [0.4, 0.5) is 0 Å². The van der Waals surface area contributed by atoms with Gasteiger partial charge in [-0.3, -0.25) is 0 Å². The van der Waals surface area contributed by atoms with Crippen LogP contribution in [0.5, 0.6) is 0 Å². The molecule has 0 N–H and O–H groups in total. The third-order valence-electron chi connectivity index (χ3n) is 2.44. The Kier molecular flexibility index (Phi) is 2.74. The van der Waals surface area contributed by atoms with Crippen LogP contribution in [-0.2, 0) is 0 Å². The molecule has 0 aliphatic carbocycles. The highest BCUT2D eigenvalue weighted by Crippen LogP contribution is 2.33. The van der Waals surface area contributed by atoms with Gasteiger partial charge in [0.05, 0.1) is 0 Å². The van der Waals surface area contributed by atoms with Crippen LogP contribution in [0.15, 0.2) is 47.5 Å². The van der Waals surface area contributed by atoms with Gasteiger partial charge in [0.25, 0.3) is 0 Å². The molecule has 4 aromatic heterocycles. The summed E-state index contributed by atoms with van der Waals surface area (Å²) < 4.78 is 3.26. The van der Waals surface area contributed by atoms with E-state index in [1.54, 1.807) is 46.2 Å². The van der Waals surface area contributed by atoms with E-state index in [2.05, 4.69) is 30.1 Å². The molecule has 10 heteroatoms. The van der Waals surface area contributed by atoms with Crippen LogP contribution >= 0.6 is 21.6 Å². The minimum atomic E-state index is 0.639. The predicted molar refractivity (Wildman–Crippen MR) is 73.3 cm³/mol. The van der Waals surface area contributed by atoms with Crippen LogP contribution in [0, 0.1) is 0 Å². The molecule has 4 heterocycles. The maximum Gasteiger partial charge on any atom is 0.220 e. The Labute approximate surface area is 120 Å². The molecule has 20 heavy (non-hydrogen) atoms. The minimum Gasteiger partial charge on any atom is -0.245 e. The summed E-state index contributed by atoms with van der Waals surface area (Å²) in [6, 6.07) is 3.60.